The molecule has 2 fully saturated rings. The van der Waals surface area contributed by atoms with Crippen LogP contribution in [0.15, 0.2) is 15.9 Å². The fraction of sp³-hybridized carbons (Fsp3) is 0.733. The van der Waals surface area contributed by atoms with Crippen LogP contribution < -0.4 is 0 Å². The molecule has 0 radical (unpaired) electrons. The van der Waals surface area contributed by atoms with E-state index >= 15 is 0 Å². The highest BCUT2D eigenvalue weighted by Crippen LogP contribution is 2.50. The van der Waals surface area contributed by atoms with Crippen LogP contribution in [0, 0.1) is 17.8 Å². The molecule has 2 saturated carbocycles. The molecule has 3 rings (SSSR count). The second-order valence-electron chi connectivity index (χ2n) is 5.91. The third-order valence-electron chi connectivity index (χ3n) is 4.89. The van der Waals surface area contributed by atoms with Crippen LogP contribution in [0.3, 0.4) is 0 Å². The SMILES string of the molecule is Brc1ccsc1C(Br)C1CCC2CCCCC2C1. The predicted molar refractivity (Wildman–Crippen MR) is 86.5 cm³/mol. The molecule has 1 aromatic rings. The lowest BCUT2D eigenvalue weighted by Crippen LogP contribution is -2.29. The average Bonchev–Trinajstić information content (AvgIpc) is 2.83. The summed E-state index contributed by atoms with van der Waals surface area (Å²) in [5.41, 5.74) is 0. The molecule has 0 aromatic carbocycles. The van der Waals surface area contributed by atoms with Gasteiger partial charge in [0.05, 0.1) is 4.83 Å². The normalized spacial score (nSPS) is 34.0. The maximum Gasteiger partial charge on any atom is 0.0528 e. The van der Waals surface area contributed by atoms with E-state index in [4.69, 9.17) is 0 Å². The van der Waals surface area contributed by atoms with Gasteiger partial charge in [0.25, 0.3) is 0 Å². The van der Waals surface area contributed by atoms with Gasteiger partial charge in [0.2, 0.25) is 0 Å². The molecule has 1 aromatic heterocycles. The zero-order valence-corrected chi connectivity index (χ0v) is 14.6. The summed E-state index contributed by atoms with van der Waals surface area (Å²) in [5.74, 6) is 2.93. The van der Waals surface area contributed by atoms with Crippen molar-refractivity contribution in [3.8, 4) is 0 Å². The van der Waals surface area contributed by atoms with Crippen molar-refractivity contribution < 1.29 is 0 Å². The van der Waals surface area contributed by atoms with Gasteiger partial charge in [-0.3, -0.25) is 0 Å². The van der Waals surface area contributed by atoms with Gasteiger partial charge in [-0.15, -0.1) is 11.3 Å². The van der Waals surface area contributed by atoms with E-state index in [9.17, 15) is 0 Å². The fourth-order valence-electron chi connectivity index (χ4n) is 3.89. The first-order valence-electron chi connectivity index (χ1n) is 7.12. The van der Waals surface area contributed by atoms with Gasteiger partial charge in [-0.25, -0.2) is 0 Å². The highest BCUT2D eigenvalue weighted by Gasteiger charge is 2.35. The maximum atomic E-state index is 3.97. The topological polar surface area (TPSA) is 0 Å². The summed E-state index contributed by atoms with van der Waals surface area (Å²) in [6.07, 6.45) is 10.3. The van der Waals surface area contributed by atoms with Gasteiger partial charge in [0.1, 0.15) is 0 Å². The summed E-state index contributed by atoms with van der Waals surface area (Å²) in [4.78, 5) is 2.06. The zero-order chi connectivity index (χ0) is 12.5. The second-order valence-corrected chi connectivity index (χ2v) is 8.70. The molecule has 0 saturated heterocycles. The molecule has 2 aliphatic carbocycles. The Morgan fingerprint density at radius 1 is 1.11 bits per heavy atom. The van der Waals surface area contributed by atoms with Crippen molar-refractivity contribution in [2.75, 3.05) is 0 Å². The van der Waals surface area contributed by atoms with Crippen LogP contribution >= 0.6 is 43.2 Å². The molecule has 0 spiro atoms. The molecule has 2 aliphatic rings. The third kappa shape index (κ3) is 2.73. The van der Waals surface area contributed by atoms with E-state index < -0.39 is 0 Å². The molecule has 4 unspecified atom stereocenters. The lowest BCUT2D eigenvalue weighted by Gasteiger charge is -2.40. The molecule has 0 bridgehead atoms. The first-order valence-corrected chi connectivity index (χ1v) is 9.71. The molecule has 1 heterocycles. The van der Waals surface area contributed by atoms with Crippen LogP contribution in [0.1, 0.15) is 54.7 Å². The summed E-state index contributed by atoms with van der Waals surface area (Å²) in [7, 11) is 0. The van der Waals surface area contributed by atoms with Crippen molar-refractivity contribution in [2.24, 2.45) is 17.8 Å². The Morgan fingerprint density at radius 3 is 2.61 bits per heavy atom. The quantitative estimate of drug-likeness (QED) is 0.501. The number of hydrogen-bond donors (Lipinski definition) is 0. The number of halogens is 2. The average molecular weight is 392 g/mol. The number of rotatable bonds is 2. The van der Waals surface area contributed by atoms with E-state index in [1.54, 1.807) is 0 Å². The largest absolute Gasteiger partial charge is 0.147 e. The number of thiophene rings is 1. The lowest BCUT2D eigenvalue weighted by atomic mass is 9.67. The van der Waals surface area contributed by atoms with Gasteiger partial charge in [-0.05, 0) is 64.4 Å². The van der Waals surface area contributed by atoms with Gasteiger partial charge in [-0.1, -0.05) is 41.6 Å². The minimum absolute atomic E-state index is 0.565. The van der Waals surface area contributed by atoms with E-state index in [2.05, 4.69) is 43.3 Å². The van der Waals surface area contributed by atoms with Crippen molar-refractivity contribution in [1.82, 2.24) is 0 Å². The molecular weight excluding hydrogens is 372 g/mol. The fourth-order valence-corrected chi connectivity index (χ4v) is 6.94. The number of fused-ring (bicyclic) bond motifs is 1. The highest BCUT2D eigenvalue weighted by molar-refractivity contribution is 9.11. The van der Waals surface area contributed by atoms with Crippen molar-refractivity contribution in [1.29, 1.82) is 0 Å². The summed E-state index contributed by atoms with van der Waals surface area (Å²) >= 11 is 9.54. The van der Waals surface area contributed by atoms with Crippen LogP contribution in [0.2, 0.25) is 0 Å². The van der Waals surface area contributed by atoms with Crippen molar-refractivity contribution >= 4 is 43.2 Å². The Morgan fingerprint density at radius 2 is 1.89 bits per heavy atom. The molecule has 0 amide bonds. The van der Waals surface area contributed by atoms with Gasteiger partial charge in [-0.2, -0.15) is 0 Å². The highest BCUT2D eigenvalue weighted by atomic mass is 79.9. The molecule has 0 nitrogen and oxygen atoms in total. The number of alkyl halides is 1. The molecule has 0 N–H and O–H groups in total. The first kappa shape index (κ1) is 13.6. The monoisotopic (exact) mass is 390 g/mol. The van der Waals surface area contributed by atoms with Crippen molar-refractivity contribution in [3.05, 3.63) is 20.8 Å². The van der Waals surface area contributed by atoms with Crippen LogP contribution in [0.25, 0.3) is 0 Å². The summed E-state index contributed by atoms with van der Waals surface area (Å²) in [6, 6.07) is 2.18. The van der Waals surface area contributed by atoms with Crippen molar-refractivity contribution in [3.63, 3.8) is 0 Å². The van der Waals surface area contributed by atoms with Crippen LogP contribution in [0.5, 0.6) is 0 Å². The standard InChI is InChI=1S/C15H20Br2S/c16-13-7-8-18-15(13)14(17)12-6-5-10-3-1-2-4-11(10)9-12/h7-8,10-12,14H,1-6,9H2. The Balaban J connectivity index is 1.68. The molecule has 4 atom stereocenters. The van der Waals surface area contributed by atoms with E-state index in [1.807, 2.05) is 11.3 Å². The third-order valence-corrected chi connectivity index (χ3v) is 8.35. The first-order chi connectivity index (χ1) is 8.75. The van der Waals surface area contributed by atoms with Crippen molar-refractivity contribution in [2.45, 2.75) is 49.8 Å². The summed E-state index contributed by atoms with van der Waals surface area (Å²) in [6.45, 7) is 0. The summed E-state index contributed by atoms with van der Waals surface area (Å²) in [5, 5.41) is 2.19. The predicted octanol–water partition coefficient (Wildman–Crippen LogP) is 6.55. The molecule has 3 heteroatoms. The van der Waals surface area contributed by atoms with Gasteiger partial charge in [0.15, 0.2) is 0 Å². The van der Waals surface area contributed by atoms with Gasteiger partial charge >= 0.3 is 0 Å². The zero-order valence-electron chi connectivity index (χ0n) is 10.6. The molecule has 0 aliphatic heterocycles. The van der Waals surface area contributed by atoms with Crippen LogP contribution in [-0.4, -0.2) is 0 Å². The smallest absolute Gasteiger partial charge is 0.0528 e. The van der Waals surface area contributed by atoms with E-state index in [0.717, 1.165) is 17.8 Å². The van der Waals surface area contributed by atoms with Crippen LogP contribution in [0.4, 0.5) is 0 Å². The Bertz CT molecular complexity index is 401. The minimum atomic E-state index is 0.565. The van der Waals surface area contributed by atoms with Gasteiger partial charge < -0.3 is 0 Å². The van der Waals surface area contributed by atoms with Crippen LogP contribution in [-0.2, 0) is 0 Å². The molecular formula is C15H20Br2S. The lowest BCUT2D eigenvalue weighted by molar-refractivity contribution is 0.129. The van der Waals surface area contributed by atoms with E-state index in [1.165, 1.54) is 54.3 Å². The maximum absolute atomic E-state index is 3.97. The second kappa shape index (κ2) is 5.97. The Hall–Kier alpha value is 0.660. The molecule has 18 heavy (non-hydrogen) atoms. The van der Waals surface area contributed by atoms with E-state index in [0.29, 0.717) is 4.83 Å². The summed E-state index contributed by atoms with van der Waals surface area (Å²) < 4.78 is 1.29. The molecule has 100 valence electrons. The minimum Gasteiger partial charge on any atom is -0.147 e. The Labute approximate surface area is 131 Å². The van der Waals surface area contributed by atoms with Gasteiger partial charge in [0, 0.05) is 9.35 Å². The van der Waals surface area contributed by atoms with E-state index in [-0.39, 0.29) is 0 Å². The number of hydrogen-bond acceptors (Lipinski definition) is 1. The Kier molecular flexibility index (Phi) is 4.52.